The molecule has 2 aromatic carbocycles. The summed E-state index contributed by atoms with van der Waals surface area (Å²) in [6.45, 7) is 2.44. The number of fused-ring (bicyclic) bond motifs is 1. The molecule has 4 rings (SSSR count). The minimum Gasteiger partial charge on any atom is -0.295 e. The zero-order chi connectivity index (χ0) is 19.0. The van der Waals surface area contributed by atoms with Crippen molar-refractivity contribution in [2.75, 3.05) is 13.1 Å². The lowest BCUT2D eigenvalue weighted by molar-refractivity contribution is 0.101. The number of hydrogen-bond donors (Lipinski definition) is 0. The predicted octanol–water partition coefficient (Wildman–Crippen LogP) is 4.07. The normalized spacial score (nSPS) is 16.6. The van der Waals surface area contributed by atoms with Gasteiger partial charge < -0.3 is 0 Å². The molecule has 3 aromatic rings. The second kappa shape index (κ2) is 7.14. The average molecular weight is 401 g/mol. The molecule has 140 valence electrons. The van der Waals surface area contributed by atoms with Crippen molar-refractivity contribution in [1.82, 2.24) is 9.29 Å². The van der Waals surface area contributed by atoms with E-state index in [1.54, 1.807) is 27.8 Å². The summed E-state index contributed by atoms with van der Waals surface area (Å²) >= 11 is 1.70. The first-order valence-electron chi connectivity index (χ1n) is 8.92. The second-order valence-corrected chi connectivity index (χ2v) is 9.78. The number of hydrogen-bond acceptors (Lipinski definition) is 5. The molecule has 0 bridgehead atoms. The Morgan fingerprint density at radius 2 is 1.74 bits per heavy atom. The third kappa shape index (κ3) is 3.54. The lowest BCUT2D eigenvalue weighted by Crippen LogP contribution is -2.37. The van der Waals surface area contributed by atoms with E-state index < -0.39 is 10.0 Å². The molecule has 1 saturated heterocycles. The number of ketones is 1. The van der Waals surface area contributed by atoms with Crippen molar-refractivity contribution in [1.29, 1.82) is 0 Å². The summed E-state index contributed by atoms with van der Waals surface area (Å²) in [5.41, 5.74) is 1.53. The van der Waals surface area contributed by atoms with Crippen LogP contribution in [-0.2, 0) is 10.0 Å². The lowest BCUT2D eigenvalue weighted by Gasteiger charge is -2.30. The molecule has 1 fully saturated rings. The maximum Gasteiger partial charge on any atom is 0.243 e. The highest BCUT2D eigenvalue weighted by Crippen LogP contribution is 2.35. The largest absolute Gasteiger partial charge is 0.295 e. The van der Waals surface area contributed by atoms with Gasteiger partial charge in [-0.05, 0) is 44.0 Å². The molecule has 1 aromatic heterocycles. The molecule has 0 unspecified atom stereocenters. The Labute approximate surface area is 162 Å². The number of thiazole rings is 1. The van der Waals surface area contributed by atoms with Gasteiger partial charge in [0.05, 0.1) is 20.1 Å². The zero-order valence-corrected chi connectivity index (χ0v) is 16.6. The number of rotatable bonds is 4. The molecule has 1 aliphatic rings. The fourth-order valence-corrected chi connectivity index (χ4v) is 6.02. The first-order valence-corrected chi connectivity index (χ1v) is 11.2. The van der Waals surface area contributed by atoms with Gasteiger partial charge in [-0.3, -0.25) is 4.79 Å². The Balaban J connectivity index is 1.48. The maximum absolute atomic E-state index is 12.9. The summed E-state index contributed by atoms with van der Waals surface area (Å²) in [6.07, 6.45) is 1.54. The number of aromatic nitrogens is 1. The third-order valence-corrected chi connectivity index (χ3v) is 8.12. The van der Waals surface area contributed by atoms with Gasteiger partial charge >= 0.3 is 0 Å². The van der Waals surface area contributed by atoms with Crippen LogP contribution >= 0.6 is 11.3 Å². The van der Waals surface area contributed by atoms with Crippen molar-refractivity contribution in [2.45, 2.75) is 30.6 Å². The number of piperidine rings is 1. The smallest absolute Gasteiger partial charge is 0.243 e. The topological polar surface area (TPSA) is 67.3 Å². The summed E-state index contributed by atoms with van der Waals surface area (Å²) in [5.74, 6) is 0.226. The van der Waals surface area contributed by atoms with Crippen LogP contribution < -0.4 is 0 Å². The molecule has 2 heterocycles. The van der Waals surface area contributed by atoms with Crippen molar-refractivity contribution in [3.8, 4) is 0 Å². The highest BCUT2D eigenvalue weighted by molar-refractivity contribution is 7.89. The van der Waals surface area contributed by atoms with Gasteiger partial charge in [-0.15, -0.1) is 11.3 Å². The van der Waals surface area contributed by atoms with Crippen LogP contribution in [0.4, 0.5) is 0 Å². The van der Waals surface area contributed by atoms with Crippen molar-refractivity contribution in [3.05, 3.63) is 59.1 Å². The van der Waals surface area contributed by atoms with E-state index in [1.165, 1.54) is 23.8 Å². The Bertz CT molecular complexity index is 1050. The van der Waals surface area contributed by atoms with E-state index in [0.717, 1.165) is 23.4 Å². The van der Waals surface area contributed by atoms with Crippen molar-refractivity contribution < 1.29 is 13.2 Å². The van der Waals surface area contributed by atoms with Crippen LogP contribution in [0.5, 0.6) is 0 Å². The standard InChI is InChI=1S/C20H20N2O3S2/c1-14(23)15-6-8-17(9-7-15)27(24,25)22-12-10-16(11-13-22)20-21-18-4-2-3-5-19(18)26-20/h2-9,16H,10-13H2,1H3. The summed E-state index contributed by atoms with van der Waals surface area (Å²) in [6, 6.07) is 14.3. The summed E-state index contributed by atoms with van der Waals surface area (Å²) in [7, 11) is -3.53. The van der Waals surface area contributed by atoms with Gasteiger partial charge in [0.15, 0.2) is 5.78 Å². The average Bonchev–Trinajstić information content (AvgIpc) is 3.12. The Hall–Kier alpha value is -2.09. The van der Waals surface area contributed by atoms with Gasteiger partial charge in [0.25, 0.3) is 0 Å². The molecule has 1 aliphatic heterocycles. The van der Waals surface area contributed by atoms with Gasteiger partial charge in [-0.25, -0.2) is 13.4 Å². The molecule has 0 amide bonds. The minimum atomic E-state index is -3.53. The summed E-state index contributed by atoms with van der Waals surface area (Å²) in [5, 5.41) is 1.10. The molecule has 5 nitrogen and oxygen atoms in total. The van der Waals surface area contributed by atoms with Crippen molar-refractivity contribution >= 4 is 37.4 Å². The van der Waals surface area contributed by atoms with Gasteiger partial charge in [0, 0.05) is 24.6 Å². The van der Waals surface area contributed by atoms with E-state index in [0.29, 0.717) is 24.6 Å². The number of benzene rings is 2. The van der Waals surface area contributed by atoms with Crippen LogP contribution in [0.1, 0.15) is 41.0 Å². The van der Waals surface area contributed by atoms with E-state index in [1.807, 2.05) is 18.2 Å². The van der Waals surface area contributed by atoms with Gasteiger partial charge in [0.1, 0.15) is 0 Å². The molecular formula is C20H20N2O3S2. The Morgan fingerprint density at radius 3 is 2.37 bits per heavy atom. The summed E-state index contributed by atoms with van der Waals surface area (Å²) in [4.78, 5) is 16.3. The SMILES string of the molecule is CC(=O)c1ccc(S(=O)(=O)N2CCC(c3nc4ccccc4s3)CC2)cc1. The van der Waals surface area contributed by atoms with Gasteiger partial charge in [-0.2, -0.15) is 4.31 Å². The third-order valence-electron chi connectivity index (χ3n) is 5.01. The molecule has 0 saturated carbocycles. The molecule has 0 N–H and O–H groups in total. The molecular weight excluding hydrogens is 380 g/mol. The van der Waals surface area contributed by atoms with E-state index in [9.17, 15) is 13.2 Å². The monoisotopic (exact) mass is 400 g/mol. The predicted molar refractivity (Wildman–Crippen MR) is 107 cm³/mol. The molecule has 27 heavy (non-hydrogen) atoms. The van der Waals surface area contributed by atoms with Gasteiger partial charge in [0.2, 0.25) is 10.0 Å². The number of para-hydroxylation sites is 1. The van der Waals surface area contributed by atoms with Gasteiger partial charge in [-0.1, -0.05) is 24.3 Å². The number of carbonyl (C=O) groups excluding carboxylic acids is 1. The van der Waals surface area contributed by atoms with E-state index in [2.05, 4.69) is 6.07 Å². The number of nitrogens with zero attached hydrogens (tertiary/aromatic N) is 2. The Morgan fingerprint density at radius 1 is 1.07 bits per heavy atom. The lowest BCUT2D eigenvalue weighted by atomic mass is 9.99. The molecule has 0 spiro atoms. The number of Topliss-reactive ketones (excluding diaryl/α,β-unsaturated/α-hetero) is 1. The highest BCUT2D eigenvalue weighted by Gasteiger charge is 2.31. The molecule has 0 aliphatic carbocycles. The zero-order valence-electron chi connectivity index (χ0n) is 15.0. The van der Waals surface area contributed by atoms with Crippen molar-refractivity contribution in [3.63, 3.8) is 0 Å². The fraction of sp³-hybridized carbons (Fsp3) is 0.300. The van der Waals surface area contributed by atoms with E-state index in [4.69, 9.17) is 4.98 Å². The summed E-state index contributed by atoms with van der Waals surface area (Å²) < 4.78 is 28.5. The number of carbonyl (C=O) groups is 1. The highest BCUT2D eigenvalue weighted by atomic mass is 32.2. The van der Waals surface area contributed by atoms with Crippen LogP contribution in [0, 0.1) is 0 Å². The first-order chi connectivity index (χ1) is 12.9. The fourth-order valence-electron chi connectivity index (χ4n) is 3.42. The number of sulfonamides is 1. The van der Waals surface area contributed by atoms with E-state index in [-0.39, 0.29) is 10.7 Å². The first kappa shape index (κ1) is 18.3. The van der Waals surface area contributed by atoms with Crippen LogP contribution in [0.25, 0.3) is 10.2 Å². The van der Waals surface area contributed by atoms with Crippen LogP contribution in [0.2, 0.25) is 0 Å². The second-order valence-electron chi connectivity index (χ2n) is 6.78. The molecule has 0 atom stereocenters. The van der Waals surface area contributed by atoms with E-state index >= 15 is 0 Å². The molecule has 0 radical (unpaired) electrons. The Kier molecular flexibility index (Phi) is 4.84. The maximum atomic E-state index is 12.9. The quantitative estimate of drug-likeness (QED) is 0.619. The van der Waals surface area contributed by atoms with Crippen LogP contribution in [-0.4, -0.2) is 36.6 Å². The van der Waals surface area contributed by atoms with Crippen LogP contribution in [0.15, 0.2) is 53.4 Å². The minimum absolute atomic E-state index is 0.0735. The molecule has 7 heteroatoms. The van der Waals surface area contributed by atoms with Crippen LogP contribution in [0.3, 0.4) is 0 Å². The van der Waals surface area contributed by atoms with Crippen molar-refractivity contribution in [2.24, 2.45) is 0 Å².